The maximum absolute atomic E-state index is 12.8. The van der Waals surface area contributed by atoms with Gasteiger partial charge in [-0.2, -0.15) is 0 Å². The molecule has 0 saturated heterocycles. The van der Waals surface area contributed by atoms with Crippen molar-refractivity contribution in [2.45, 2.75) is 46.3 Å². The molecule has 25 heavy (non-hydrogen) atoms. The average Bonchev–Trinajstić information content (AvgIpc) is 2.90. The fourth-order valence-corrected chi connectivity index (χ4v) is 2.33. The summed E-state index contributed by atoms with van der Waals surface area (Å²) in [6.07, 6.45) is -0.319. The van der Waals surface area contributed by atoms with E-state index in [4.69, 9.17) is 9.26 Å². The maximum Gasteiger partial charge on any atom is 0.306 e. The zero-order valence-corrected chi connectivity index (χ0v) is 14.5. The third kappa shape index (κ3) is 5.41. The molecule has 0 bridgehead atoms. The summed E-state index contributed by atoms with van der Waals surface area (Å²) < 4.78 is 23.0. The first-order chi connectivity index (χ1) is 11.9. The molecule has 1 aromatic heterocycles. The number of hydrogen-bond acceptors (Lipinski definition) is 5. The van der Waals surface area contributed by atoms with Crippen LogP contribution in [0.2, 0.25) is 0 Å². The highest BCUT2D eigenvalue weighted by Gasteiger charge is 2.18. The van der Waals surface area contributed by atoms with Crippen LogP contribution in [0.25, 0.3) is 0 Å². The van der Waals surface area contributed by atoms with E-state index >= 15 is 0 Å². The van der Waals surface area contributed by atoms with E-state index in [0.717, 1.165) is 16.8 Å². The Morgan fingerprint density at radius 1 is 1.28 bits per heavy atom. The number of amides is 1. The van der Waals surface area contributed by atoms with Gasteiger partial charge in [0.1, 0.15) is 11.6 Å². The van der Waals surface area contributed by atoms with Crippen LogP contribution < -0.4 is 5.32 Å². The van der Waals surface area contributed by atoms with Crippen LogP contribution in [-0.4, -0.2) is 23.1 Å². The summed E-state index contributed by atoms with van der Waals surface area (Å²) in [6, 6.07) is 5.80. The van der Waals surface area contributed by atoms with Crippen molar-refractivity contribution in [1.29, 1.82) is 0 Å². The summed E-state index contributed by atoms with van der Waals surface area (Å²) in [6.45, 7) is 5.34. The van der Waals surface area contributed by atoms with E-state index in [9.17, 15) is 14.0 Å². The van der Waals surface area contributed by atoms with Crippen molar-refractivity contribution in [2.75, 3.05) is 0 Å². The summed E-state index contributed by atoms with van der Waals surface area (Å²) in [5, 5.41) is 6.47. The molecule has 134 valence electrons. The molecule has 2 rings (SSSR count). The SMILES string of the molecule is Cc1noc(C)c1CCC(=O)OC(C)C(=O)NCc1ccc(F)cc1. The molecule has 0 aliphatic heterocycles. The smallest absolute Gasteiger partial charge is 0.306 e. The van der Waals surface area contributed by atoms with Gasteiger partial charge < -0.3 is 14.6 Å². The molecule has 0 spiro atoms. The second-order valence-electron chi connectivity index (χ2n) is 5.78. The molecule has 6 nitrogen and oxygen atoms in total. The Morgan fingerprint density at radius 2 is 1.96 bits per heavy atom. The Morgan fingerprint density at radius 3 is 2.56 bits per heavy atom. The van der Waals surface area contributed by atoms with Crippen LogP contribution >= 0.6 is 0 Å². The van der Waals surface area contributed by atoms with Gasteiger partial charge in [-0.25, -0.2) is 4.39 Å². The van der Waals surface area contributed by atoms with E-state index in [-0.39, 0.29) is 18.8 Å². The number of ether oxygens (including phenoxy) is 1. The van der Waals surface area contributed by atoms with Gasteiger partial charge in [0.15, 0.2) is 6.10 Å². The van der Waals surface area contributed by atoms with Gasteiger partial charge in [-0.15, -0.1) is 0 Å². The number of carbonyl (C=O) groups excluding carboxylic acids is 2. The molecule has 0 saturated carbocycles. The molecular formula is C18H21FN2O4. The van der Waals surface area contributed by atoms with E-state index < -0.39 is 18.0 Å². The number of benzene rings is 1. The van der Waals surface area contributed by atoms with Gasteiger partial charge in [-0.05, 0) is 44.9 Å². The first kappa shape index (κ1) is 18.6. The summed E-state index contributed by atoms with van der Waals surface area (Å²) in [5.74, 6) is -0.537. The van der Waals surface area contributed by atoms with Crippen LogP contribution in [0.15, 0.2) is 28.8 Å². The third-order valence-electron chi connectivity index (χ3n) is 3.82. The minimum Gasteiger partial charge on any atom is -0.453 e. The molecule has 0 aliphatic rings. The number of nitrogens with one attached hydrogen (secondary N) is 1. The van der Waals surface area contributed by atoms with Crippen LogP contribution in [0, 0.1) is 19.7 Å². The fourth-order valence-electron chi connectivity index (χ4n) is 2.33. The third-order valence-corrected chi connectivity index (χ3v) is 3.82. The van der Waals surface area contributed by atoms with Crippen LogP contribution in [0.3, 0.4) is 0 Å². The average molecular weight is 348 g/mol. The Hall–Kier alpha value is -2.70. The molecule has 1 unspecified atom stereocenters. The zero-order valence-electron chi connectivity index (χ0n) is 14.5. The molecule has 1 N–H and O–H groups in total. The van der Waals surface area contributed by atoms with E-state index in [0.29, 0.717) is 12.2 Å². The van der Waals surface area contributed by atoms with Crippen LogP contribution in [0.5, 0.6) is 0 Å². The monoisotopic (exact) mass is 348 g/mol. The highest BCUT2D eigenvalue weighted by molar-refractivity contribution is 5.83. The standard InChI is InChI=1S/C18H21FN2O4/c1-11-16(12(2)25-21-11)8-9-17(22)24-13(3)18(23)20-10-14-4-6-15(19)7-5-14/h4-7,13H,8-10H2,1-3H3,(H,20,23). The van der Waals surface area contributed by atoms with E-state index in [1.165, 1.54) is 19.1 Å². The lowest BCUT2D eigenvalue weighted by Gasteiger charge is -2.13. The highest BCUT2D eigenvalue weighted by Crippen LogP contribution is 2.14. The van der Waals surface area contributed by atoms with Gasteiger partial charge in [-0.1, -0.05) is 17.3 Å². The summed E-state index contributed by atoms with van der Waals surface area (Å²) >= 11 is 0. The van der Waals surface area contributed by atoms with Crippen LogP contribution in [-0.2, 0) is 27.3 Å². The topological polar surface area (TPSA) is 81.4 Å². The fraction of sp³-hybridized carbons (Fsp3) is 0.389. The van der Waals surface area contributed by atoms with Crippen molar-refractivity contribution >= 4 is 11.9 Å². The Labute approximate surface area is 145 Å². The highest BCUT2D eigenvalue weighted by atomic mass is 19.1. The zero-order chi connectivity index (χ0) is 18.4. The van der Waals surface area contributed by atoms with Crippen LogP contribution in [0.1, 0.15) is 35.9 Å². The molecule has 2 aromatic rings. The van der Waals surface area contributed by atoms with Crippen molar-refractivity contribution in [3.63, 3.8) is 0 Å². The van der Waals surface area contributed by atoms with E-state index in [1.54, 1.807) is 19.1 Å². The van der Waals surface area contributed by atoms with Gasteiger partial charge in [0, 0.05) is 18.5 Å². The number of hydrogen-bond donors (Lipinski definition) is 1. The summed E-state index contributed by atoms with van der Waals surface area (Å²) in [4.78, 5) is 23.9. The Kier molecular flexibility index (Phi) is 6.27. The number of aryl methyl sites for hydroxylation is 2. The molecule has 7 heteroatoms. The lowest BCUT2D eigenvalue weighted by atomic mass is 10.1. The molecule has 1 heterocycles. The first-order valence-corrected chi connectivity index (χ1v) is 8.00. The van der Waals surface area contributed by atoms with Crippen molar-refractivity contribution in [2.24, 2.45) is 0 Å². The maximum atomic E-state index is 12.8. The molecular weight excluding hydrogens is 327 g/mol. The largest absolute Gasteiger partial charge is 0.453 e. The molecule has 1 atom stereocenters. The van der Waals surface area contributed by atoms with E-state index in [2.05, 4.69) is 10.5 Å². The molecule has 0 radical (unpaired) electrons. The van der Waals surface area contributed by atoms with Gasteiger partial charge >= 0.3 is 5.97 Å². The minimum atomic E-state index is -0.905. The molecule has 0 fully saturated rings. The van der Waals surface area contributed by atoms with Crippen molar-refractivity contribution < 1.29 is 23.2 Å². The number of aromatic nitrogens is 1. The molecule has 1 aromatic carbocycles. The van der Waals surface area contributed by atoms with Gasteiger partial charge in [-0.3, -0.25) is 9.59 Å². The van der Waals surface area contributed by atoms with Crippen LogP contribution in [0.4, 0.5) is 4.39 Å². The first-order valence-electron chi connectivity index (χ1n) is 8.00. The Bertz CT molecular complexity index is 721. The summed E-state index contributed by atoms with van der Waals surface area (Å²) in [5.41, 5.74) is 2.38. The number of halogens is 1. The number of nitrogens with zero attached hydrogens (tertiary/aromatic N) is 1. The van der Waals surface area contributed by atoms with Crippen molar-refractivity contribution in [3.8, 4) is 0 Å². The second-order valence-corrected chi connectivity index (χ2v) is 5.78. The molecule has 1 amide bonds. The lowest BCUT2D eigenvalue weighted by molar-refractivity contribution is -0.154. The number of esters is 1. The van der Waals surface area contributed by atoms with Crippen molar-refractivity contribution in [1.82, 2.24) is 10.5 Å². The number of rotatable bonds is 7. The number of carbonyl (C=O) groups is 2. The second kappa shape index (κ2) is 8.41. The molecule has 0 aliphatic carbocycles. The predicted octanol–water partition coefficient (Wildman–Crippen LogP) is 2.61. The van der Waals surface area contributed by atoms with Crippen molar-refractivity contribution in [3.05, 3.63) is 52.7 Å². The normalized spacial score (nSPS) is 11.8. The quantitative estimate of drug-likeness (QED) is 0.778. The predicted molar refractivity (Wildman–Crippen MR) is 88.1 cm³/mol. The van der Waals surface area contributed by atoms with Gasteiger partial charge in [0.25, 0.3) is 5.91 Å². The van der Waals surface area contributed by atoms with Gasteiger partial charge in [0.05, 0.1) is 5.69 Å². The van der Waals surface area contributed by atoms with E-state index in [1.807, 2.05) is 6.92 Å². The van der Waals surface area contributed by atoms with Gasteiger partial charge in [0.2, 0.25) is 0 Å². The summed E-state index contributed by atoms with van der Waals surface area (Å²) in [7, 11) is 0. The minimum absolute atomic E-state index is 0.137. The Balaban J connectivity index is 1.76. The lowest BCUT2D eigenvalue weighted by Crippen LogP contribution is -2.35.